The van der Waals surface area contributed by atoms with Gasteiger partial charge >= 0.3 is 5.69 Å². The fourth-order valence-electron chi connectivity index (χ4n) is 2.69. The van der Waals surface area contributed by atoms with Crippen molar-refractivity contribution in [3.63, 3.8) is 0 Å². The van der Waals surface area contributed by atoms with E-state index in [-0.39, 0.29) is 17.3 Å². The zero-order valence-corrected chi connectivity index (χ0v) is 12.5. The number of H-pyrrole nitrogens is 1. The monoisotopic (exact) mass is 280 g/mol. The Bertz CT molecular complexity index is 591. The van der Waals surface area contributed by atoms with Crippen LogP contribution >= 0.6 is 0 Å². The molecule has 6 nitrogen and oxygen atoms in total. The van der Waals surface area contributed by atoms with E-state index < -0.39 is 11.2 Å². The minimum Gasteiger partial charge on any atom is -0.383 e. The summed E-state index contributed by atoms with van der Waals surface area (Å²) in [6.45, 7) is 6.60. The fraction of sp³-hybridized carbons (Fsp3) is 0.714. The second kappa shape index (κ2) is 5.34. The minimum absolute atomic E-state index is 0.0405. The Kier molecular flexibility index (Phi) is 3.92. The van der Waals surface area contributed by atoms with Crippen molar-refractivity contribution in [2.45, 2.75) is 58.5 Å². The Morgan fingerprint density at radius 3 is 2.50 bits per heavy atom. The second-order valence-electron chi connectivity index (χ2n) is 6.14. The maximum absolute atomic E-state index is 12.0. The highest BCUT2D eigenvalue weighted by atomic mass is 16.2. The van der Waals surface area contributed by atoms with Crippen molar-refractivity contribution in [2.75, 3.05) is 11.1 Å². The van der Waals surface area contributed by atoms with E-state index in [0.29, 0.717) is 12.2 Å². The van der Waals surface area contributed by atoms with Crippen LogP contribution in [0.1, 0.15) is 46.5 Å². The lowest BCUT2D eigenvalue weighted by Gasteiger charge is -2.42. The standard InChI is InChI=1S/C14H24N4O2/c1-4-14(6-5-7-14)17-10-11(15)18(8-9(2)3)13(20)16-12(10)19/h9,17H,4-8,15H2,1-3H3,(H,16,19,20). The van der Waals surface area contributed by atoms with Gasteiger partial charge in [-0.05, 0) is 31.6 Å². The van der Waals surface area contributed by atoms with E-state index in [4.69, 9.17) is 5.73 Å². The predicted octanol–water partition coefficient (Wildman–Crippen LogP) is 1.52. The molecule has 6 heteroatoms. The van der Waals surface area contributed by atoms with Gasteiger partial charge in [-0.3, -0.25) is 14.3 Å². The molecule has 20 heavy (non-hydrogen) atoms. The van der Waals surface area contributed by atoms with E-state index in [1.165, 1.54) is 4.57 Å². The molecule has 1 aromatic rings. The van der Waals surface area contributed by atoms with Crippen LogP contribution in [-0.4, -0.2) is 15.1 Å². The summed E-state index contributed by atoms with van der Waals surface area (Å²) in [6, 6.07) is 0. The molecule has 2 rings (SSSR count). The highest BCUT2D eigenvalue weighted by Gasteiger charge is 2.36. The smallest absolute Gasteiger partial charge is 0.330 e. The van der Waals surface area contributed by atoms with Crippen LogP contribution in [0, 0.1) is 5.92 Å². The molecule has 0 spiro atoms. The average molecular weight is 280 g/mol. The van der Waals surface area contributed by atoms with Gasteiger partial charge in [0.1, 0.15) is 11.5 Å². The van der Waals surface area contributed by atoms with E-state index in [1.54, 1.807) is 0 Å². The van der Waals surface area contributed by atoms with Crippen molar-refractivity contribution < 1.29 is 0 Å². The van der Waals surface area contributed by atoms with Crippen LogP contribution in [0.25, 0.3) is 0 Å². The van der Waals surface area contributed by atoms with Crippen molar-refractivity contribution in [3.05, 3.63) is 20.8 Å². The van der Waals surface area contributed by atoms with Gasteiger partial charge in [-0.1, -0.05) is 20.8 Å². The van der Waals surface area contributed by atoms with Crippen molar-refractivity contribution in [2.24, 2.45) is 5.92 Å². The summed E-state index contributed by atoms with van der Waals surface area (Å²) >= 11 is 0. The zero-order valence-electron chi connectivity index (χ0n) is 12.5. The van der Waals surface area contributed by atoms with Gasteiger partial charge in [-0.2, -0.15) is 0 Å². The van der Waals surface area contributed by atoms with Crippen LogP contribution in [-0.2, 0) is 6.54 Å². The Labute approximate surface area is 118 Å². The van der Waals surface area contributed by atoms with E-state index in [9.17, 15) is 9.59 Å². The third kappa shape index (κ3) is 2.59. The normalized spacial score (nSPS) is 17.0. The van der Waals surface area contributed by atoms with Crippen molar-refractivity contribution in [1.82, 2.24) is 9.55 Å². The van der Waals surface area contributed by atoms with Crippen molar-refractivity contribution in [3.8, 4) is 0 Å². The molecule has 0 bridgehead atoms. The summed E-state index contributed by atoms with van der Waals surface area (Å²) in [5.74, 6) is 0.518. The molecule has 1 aliphatic rings. The maximum Gasteiger partial charge on any atom is 0.330 e. The highest BCUT2D eigenvalue weighted by molar-refractivity contribution is 5.62. The first-order valence-corrected chi connectivity index (χ1v) is 7.29. The van der Waals surface area contributed by atoms with Crippen molar-refractivity contribution >= 4 is 11.5 Å². The maximum atomic E-state index is 12.0. The van der Waals surface area contributed by atoms with E-state index in [1.807, 2.05) is 13.8 Å². The second-order valence-corrected chi connectivity index (χ2v) is 6.14. The number of aromatic nitrogens is 2. The van der Waals surface area contributed by atoms with E-state index in [0.717, 1.165) is 25.7 Å². The molecule has 0 radical (unpaired) electrons. The van der Waals surface area contributed by atoms with Crippen LogP contribution in [0.4, 0.5) is 11.5 Å². The lowest BCUT2D eigenvalue weighted by Crippen LogP contribution is -2.47. The largest absolute Gasteiger partial charge is 0.383 e. The number of rotatable bonds is 5. The molecular weight excluding hydrogens is 256 g/mol. The van der Waals surface area contributed by atoms with Crippen LogP contribution in [0.3, 0.4) is 0 Å². The van der Waals surface area contributed by atoms with Gasteiger partial charge in [0.15, 0.2) is 0 Å². The van der Waals surface area contributed by atoms with Gasteiger partial charge in [-0.25, -0.2) is 4.79 Å². The summed E-state index contributed by atoms with van der Waals surface area (Å²) in [7, 11) is 0. The van der Waals surface area contributed by atoms with Gasteiger partial charge in [0.25, 0.3) is 5.56 Å². The third-order valence-electron chi connectivity index (χ3n) is 4.16. The number of nitrogens with two attached hydrogens (primary N) is 1. The van der Waals surface area contributed by atoms with E-state index >= 15 is 0 Å². The summed E-state index contributed by atoms with van der Waals surface area (Å²) in [5.41, 5.74) is 5.49. The van der Waals surface area contributed by atoms with Gasteiger partial charge < -0.3 is 11.1 Å². The average Bonchev–Trinajstić information content (AvgIpc) is 2.32. The molecule has 1 saturated carbocycles. The molecule has 112 valence electrons. The third-order valence-corrected chi connectivity index (χ3v) is 4.16. The number of nitrogens with one attached hydrogen (secondary N) is 2. The number of hydrogen-bond acceptors (Lipinski definition) is 4. The molecule has 4 N–H and O–H groups in total. The molecule has 1 fully saturated rings. The SMILES string of the molecule is CCC1(Nc2c(N)n(CC(C)C)c(=O)[nH]c2=O)CCC1. The summed E-state index contributed by atoms with van der Waals surface area (Å²) < 4.78 is 1.44. The zero-order chi connectivity index (χ0) is 14.9. The molecule has 0 unspecified atom stereocenters. The van der Waals surface area contributed by atoms with Crippen LogP contribution in [0.15, 0.2) is 9.59 Å². The van der Waals surface area contributed by atoms with Gasteiger partial charge in [0.05, 0.1) is 0 Å². The molecule has 1 heterocycles. The van der Waals surface area contributed by atoms with Crippen LogP contribution in [0.2, 0.25) is 0 Å². The Hall–Kier alpha value is -1.72. The van der Waals surface area contributed by atoms with Crippen LogP contribution in [0.5, 0.6) is 0 Å². The number of hydrogen-bond donors (Lipinski definition) is 3. The highest BCUT2D eigenvalue weighted by Crippen LogP contribution is 2.38. The first kappa shape index (κ1) is 14.7. The molecule has 1 aliphatic carbocycles. The molecule has 0 amide bonds. The Morgan fingerprint density at radius 1 is 1.40 bits per heavy atom. The number of anilines is 2. The fourth-order valence-corrected chi connectivity index (χ4v) is 2.69. The summed E-state index contributed by atoms with van der Waals surface area (Å²) in [5, 5.41) is 3.29. The van der Waals surface area contributed by atoms with Gasteiger partial charge in [-0.15, -0.1) is 0 Å². The molecule has 0 saturated heterocycles. The van der Waals surface area contributed by atoms with Gasteiger partial charge in [0, 0.05) is 12.1 Å². The first-order chi connectivity index (χ1) is 9.38. The predicted molar refractivity (Wildman–Crippen MR) is 81.1 cm³/mol. The molecule has 0 atom stereocenters. The van der Waals surface area contributed by atoms with E-state index in [2.05, 4.69) is 17.2 Å². The topological polar surface area (TPSA) is 92.9 Å². The number of nitrogen functional groups attached to an aromatic ring is 1. The summed E-state index contributed by atoms with van der Waals surface area (Å²) in [6.07, 6.45) is 4.16. The first-order valence-electron chi connectivity index (χ1n) is 7.29. The Balaban J connectivity index is 2.42. The van der Waals surface area contributed by atoms with Gasteiger partial charge in [0.2, 0.25) is 0 Å². The molecule has 0 aromatic carbocycles. The molecule has 1 aromatic heterocycles. The van der Waals surface area contributed by atoms with Crippen LogP contribution < -0.4 is 22.3 Å². The number of nitrogens with zero attached hydrogens (tertiary/aromatic N) is 1. The molecule has 0 aliphatic heterocycles. The lowest BCUT2D eigenvalue weighted by molar-refractivity contribution is 0.269. The quantitative estimate of drug-likeness (QED) is 0.762. The molecular formula is C14H24N4O2. The minimum atomic E-state index is -0.439. The number of aromatic amines is 1. The summed E-state index contributed by atoms with van der Waals surface area (Å²) in [4.78, 5) is 26.2. The lowest BCUT2D eigenvalue weighted by atomic mass is 9.75. The Morgan fingerprint density at radius 2 is 2.05 bits per heavy atom. The van der Waals surface area contributed by atoms with Crippen molar-refractivity contribution in [1.29, 1.82) is 0 Å².